The van der Waals surface area contributed by atoms with Crippen LogP contribution in [0.5, 0.6) is 0 Å². The van der Waals surface area contributed by atoms with Crippen molar-refractivity contribution in [2.45, 2.75) is 19.8 Å². The summed E-state index contributed by atoms with van der Waals surface area (Å²) in [5, 5.41) is 7.83. The van der Waals surface area contributed by atoms with Crippen LogP contribution in [-0.4, -0.2) is 29.9 Å². The van der Waals surface area contributed by atoms with Gasteiger partial charge in [-0.1, -0.05) is 37.3 Å². The zero-order chi connectivity index (χ0) is 14.5. The summed E-state index contributed by atoms with van der Waals surface area (Å²) >= 11 is 0. The molecule has 6 heteroatoms. The summed E-state index contributed by atoms with van der Waals surface area (Å²) in [6.07, 6.45) is 1.40. The molecule has 1 rings (SSSR count). The van der Waals surface area contributed by atoms with Crippen LogP contribution in [0.1, 0.15) is 18.9 Å². The average molecular weight is 267 g/mol. The van der Waals surface area contributed by atoms with Crippen LogP contribution in [0.25, 0.3) is 0 Å². The SMILES string of the molecule is CCC(=O)C(=O)O.O=CNOCCc1ccccc1. The van der Waals surface area contributed by atoms with Gasteiger partial charge in [-0.3, -0.25) is 14.4 Å². The zero-order valence-electron chi connectivity index (χ0n) is 10.7. The van der Waals surface area contributed by atoms with Gasteiger partial charge >= 0.3 is 5.97 Å². The Morgan fingerprint density at radius 2 is 1.95 bits per heavy atom. The first-order valence-corrected chi connectivity index (χ1v) is 5.72. The standard InChI is InChI=1S/C9H11NO2.C4H6O3/c11-8-10-12-7-6-9-4-2-1-3-5-9;1-2-3(5)4(6)7/h1-5,8H,6-7H2,(H,10,11);2H2,1H3,(H,6,7). The van der Waals surface area contributed by atoms with Crippen LogP contribution >= 0.6 is 0 Å². The van der Waals surface area contributed by atoms with Crippen molar-refractivity contribution in [3.05, 3.63) is 35.9 Å². The topological polar surface area (TPSA) is 92.7 Å². The number of carboxylic acids is 1. The summed E-state index contributed by atoms with van der Waals surface area (Å²) in [7, 11) is 0. The Morgan fingerprint density at radius 1 is 1.32 bits per heavy atom. The molecular weight excluding hydrogens is 250 g/mol. The van der Waals surface area contributed by atoms with Crippen LogP contribution in [0.3, 0.4) is 0 Å². The lowest BCUT2D eigenvalue weighted by Gasteiger charge is -2.00. The summed E-state index contributed by atoms with van der Waals surface area (Å²) < 4.78 is 0. The molecule has 0 atom stereocenters. The second kappa shape index (κ2) is 10.9. The van der Waals surface area contributed by atoms with Crippen molar-refractivity contribution < 1.29 is 24.3 Å². The van der Waals surface area contributed by atoms with E-state index in [1.165, 1.54) is 12.5 Å². The largest absolute Gasteiger partial charge is 0.476 e. The molecule has 0 aliphatic heterocycles. The molecule has 0 aliphatic rings. The number of amides is 1. The molecule has 2 N–H and O–H groups in total. The monoisotopic (exact) mass is 267 g/mol. The van der Waals surface area contributed by atoms with Gasteiger partial charge in [-0.05, 0) is 12.0 Å². The lowest BCUT2D eigenvalue weighted by atomic mass is 10.2. The maximum absolute atomic E-state index is 9.91. The second-order valence-corrected chi connectivity index (χ2v) is 3.40. The van der Waals surface area contributed by atoms with Crippen molar-refractivity contribution in [3.63, 3.8) is 0 Å². The summed E-state index contributed by atoms with van der Waals surface area (Å²) in [4.78, 5) is 34.0. The number of benzene rings is 1. The predicted octanol–water partition coefficient (Wildman–Crippen LogP) is 0.957. The molecule has 0 bridgehead atoms. The number of Topliss-reactive ketones (excluding diaryl/α,β-unsaturated/α-hetero) is 1. The minimum absolute atomic E-state index is 0.0787. The Hall–Kier alpha value is -2.21. The van der Waals surface area contributed by atoms with E-state index in [2.05, 4.69) is 5.48 Å². The third-order valence-electron chi connectivity index (χ3n) is 2.03. The highest BCUT2D eigenvalue weighted by molar-refractivity contribution is 6.32. The lowest BCUT2D eigenvalue weighted by molar-refractivity contribution is -0.148. The molecule has 0 unspecified atom stereocenters. The average Bonchev–Trinajstić information content (AvgIpc) is 2.44. The molecule has 0 saturated carbocycles. The molecule has 0 fully saturated rings. The van der Waals surface area contributed by atoms with Crippen LogP contribution in [0, 0.1) is 0 Å². The number of hydrogen-bond acceptors (Lipinski definition) is 4. The molecule has 1 aromatic rings. The maximum atomic E-state index is 9.91. The van der Waals surface area contributed by atoms with Crippen molar-refractivity contribution in [2.24, 2.45) is 0 Å². The Labute approximate surface area is 111 Å². The van der Waals surface area contributed by atoms with E-state index in [1.807, 2.05) is 30.3 Å². The van der Waals surface area contributed by atoms with E-state index >= 15 is 0 Å². The fraction of sp³-hybridized carbons (Fsp3) is 0.308. The van der Waals surface area contributed by atoms with E-state index in [1.54, 1.807) is 0 Å². The van der Waals surface area contributed by atoms with Gasteiger partial charge in [-0.15, -0.1) is 0 Å². The molecule has 0 aromatic heterocycles. The molecule has 0 radical (unpaired) electrons. The van der Waals surface area contributed by atoms with Crippen LogP contribution in [0.2, 0.25) is 0 Å². The number of carboxylic acid groups (broad SMARTS) is 1. The van der Waals surface area contributed by atoms with E-state index in [0.29, 0.717) is 13.0 Å². The van der Waals surface area contributed by atoms with E-state index in [-0.39, 0.29) is 6.42 Å². The maximum Gasteiger partial charge on any atom is 0.372 e. The normalized spacial score (nSPS) is 8.89. The summed E-state index contributed by atoms with van der Waals surface area (Å²) in [6, 6.07) is 9.95. The Bertz CT molecular complexity index is 391. The Balaban J connectivity index is 0.000000399. The first-order valence-electron chi connectivity index (χ1n) is 5.72. The van der Waals surface area contributed by atoms with E-state index in [0.717, 1.165) is 6.42 Å². The van der Waals surface area contributed by atoms with Gasteiger partial charge in [0, 0.05) is 6.42 Å². The van der Waals surface area contributed by atoms with Crippen molar-refractivity contribution in [1.29, 1.82) is 0 Å². The molecule has 0 saturated heterocycles. The van der Waals surface area contributed by atoms with Crippen molar-refractivity contribution in [2.75, 3.05) is 6.61 Å². The van der Waals surface area contributed by atoms with Gasteiger partial charge in [-0.2, -0.15) is 0 Å². The molecule has 0 heterocycles. The summed E-state index contributed by atoms with van der Waals surface area (Å²) in [5.74, 6) is -2.08. The van der Waals surface area contributed by atoms with E-state index < -0.39 is 11.8 Å². The fourth-order valence-electron chi connectivity index (χ4n) is 1.06. The first kappa shape index (κ1) is 16.8. The smallest absolute Gasteiger partial charge is 0.372 e. The second-order valence-electron chi connectivity index (χ2n) is 3.40. The number of nitrogens with one attached hydrogen (secondary N) is 1. The van der Waals surface area contributed by atoms with Gasteiger partial charge in [0.2, 0.25) is 12.2 Å². The number of hydrogen-bond donors (Lipinski definition) is 2. The van der Waals surface area contributed by atoms with Gasteiger partial charge in [0.25, 0.3) is 0 Å². The summed E-state index contributed by atoms with van der Waals surface area (Å²) in [6.45, 7) is 2.01. The van der Waals surface area contributed by atoms with Crippen molar-refractivity contribution in [3.8, 4) is 0 Å². The molecular formula is C13H17NO5. The van der Waals surface area contributed by atoms with E-state index in [4.69, 9.17) is 9.94 Å². The highest BCUT2D eigenvalue weighted by Crippen LogP contribution is 1.98. The molecule has 1 aromatic carbocycles. The summed E-state index contributed by atoms with van der Waals surface area (Å²) in [5.41, 5.74) is 3.34. The van der Waals surface area contributed by atoms with Gasteiger partial charge in [-0.25, -0.2) is 10.3 Å². The molecule has 104 valence electrons. The highest BCUT2D eigenvalue weighted by atomic mass is 16.6. The van der Waals surface area contributed by atoms with Crippen LogP contribution in [0.15, 0.2) is 30.3 Å². The van der Waals surface area contributed by atoms with Gasteiger partial charge in [0.15, 0.2) is 0 Å². The molecule has 6 nitrogen and oxygen atoms in total. The Morgan fingerprint density at radius 3 is 2.37 bits per heavy atom. The van der Waals surface area contributed by atoms with Crippen LogP contribution < -0.4 is 5.48 Å². The quantitative estimate of drug-likeness (QED) is 0.332. The number of carbonyl (C=O) groups excluding carboxylic acids is 2. The molecule has 0 spiro atoms. The zero-order valence-corrected chi connectivity index (χ0v) is 10.7. The van der Waals surface area contributed by atoms with Gasteiger partial charge in [0.1, 0.15) is 0 Å². The van der Waals surface area contributed by atoms with Crippen LogP contribution in [-0.2, 0) is 25.6 Å². The van der Waals surface area contributed by atoms with Crippen LogP contribution in [0.4, 0.5) is 0 Å². The Kier molecular flexibility index (Phi) is 9.64. The van der Waals surface area contributed by atoms with E-state index in [9.17, 15) is 14.4 Å². The number of aliphatic carboxylic acids is 1. The molecule has 19 heavy (non-hydrogen) atoms. The molecule has 1 amide bonds. The number of rotatable bonds is 7. The highest BCUT2D eigenvalue weighted by Gasteiger charge is 2.05. The van der Waals surface area contributed by atoms with Crippen molar-refractivity contribution >= 4 is 18.2 Å². The number of ketones is 1. The third kappa shape index (κ3) is 9.49. The number of hydroxylamine groups is 1. The third-order valence-corrected chi connectivity index (χ3v) is 2.03. The fourth-order valence-corrected chi connectivity index (χ4v) is 1.06. The lowest BCUT2D eigenvalue weighted by Crippen LogP contribution is -2.13. The predicted molar refractivity (Wildman–Crippen MR) is 68.2 cm³/mol. The minimum atomic E-state index is -1.34. The first-order chi connectivity index (χ1) is 9.11. The minimum Gasteiger partial charge on any atom is -0.476 e. The van der Waals surface area contributed by atoms with Gasteiger partial charge < -0.3 is 5.11 Å². The van der Waals surface area contributed by atoms with Gasteiger partial charge in [0.05, 0.1) is 6.61 Å². The molecule has 0 aliphatic carbocycles. The number of carbonyl (C=O) groups is 3. The van der Waals surface area contributed by atoms with Crippen molar-refractivity contribution in [1.82, 2.24) is 5.48 Å².